The molecule has 1 atom stereocenters. The van der Waals surface area contributed by atoms with Crippen molar-refractivity contribution in [3.05, 3.63) is 60.3 Å². The Bertz CT molecular complexity index is 682. The molecule has 0 fully saturated rings. The quantitative estimate of drug-likeness (QED) is 0.903. The number of aromatic nitrogens is 1. The first-order valence-electron chi connectivity index (χ1n) is 7.61. The van der Waals surface area contributed by atoms with Gasteiger partial charge in [-0.2, -0.15) is 0 Å². The van der Waals surface area contributed by atoms with Crippen molar-refractivity contribution in [2.45, 2.75) is 32.4 Å². The van der Waals surface area contributed by atoms with E-state index in [1.165, 1.54) is 0 Å². The van der Waals surface area contributed by atoms with E-state index in [4.69, 9.17) is 4.74 Å². The average molecular weight is 327 g/mol. The lowest BCUT2D eigenvalue weighted by Crippen LogP contribution is -2.40. The molecule has 24 heavy (non-hydrogen) atoms. The number of anilines is 1. The summed E-state index contributed by atoms with van der Waals surface area (Å²) >= 11 is 0. The molecule has 6 heteroatoms. The summed E-state index contributed by atoms with van der Waals surface area (Å²) in [5, 5.41) is 5.30. The minimum absolute atomic E-state index is 0.397. The van der Waals surface area contributed by atoms with E-state index in [2.05, 4.69) is 15.6 Å². The lowest BCUT2D eigenvalue weighted by molar-refractivity contribution is -0.118. The summed E-state index contributed by atoms with van der Waals surface area (Å²) in [6.45, 7) is 5.29. The molecule has 126 valence electrons. The summed E-state index contributed by atoms with van der Waals surface area (Å²) in [6.07, 6.45) is 0.918. The zero-order valence-electron chi connectivity index (χ0n) is 13.9. The first-order valence-corrected chi connectivity index (χ1v) is 7.61. The molecule has 0 saturated carbocycles. The number of alkyl carbamates (subject to hydrolysis) is 1. The molecule has 0 bridgehead atoms. The van der Waals surface area contributed by atoms with Gasteiger partial charge in [0.25, 0.3) is 5.91 Å². The van der Waals surface area contributed by atoms with Crippen LogP contribution in [0.25, 0.3) is 0 Å². The zero-order chi connectivity index (χ0) is 17.6. The smallest absolute Gasteiger partial charge is 0.408 e. The van der Waals surface area contributed by atoms with Crippen molar-refractivity contribution in [2.75, 3.05) is 5.32 Å². The number of ether oxygens (including phenoxy) is 1. The maximum absolute atomic E-state index is 12.6. The van der Waals surface area contributed by atoms with E-state index >= 15 is 0 Å². The first kappa shape index (κ1) is 17.5. The second-order valence-corrected chi connectivity index (χ2v) is 6.19. The number of carbonyl (C=O) groups excluding carboxylic acids is 2. The Morgan fingerprint density at radius 3 is 2.29 bits per heavy atom. The normalized spacial score (nSPS) is 12.1. The van der Waals surface area contributed by atoms with E-state index < -0.39 is 23.6 Å². The fourth-order valence-corrected chi connectivity index (χ4v) is 2.01. The molecule has 0 aliphatic carbocycles. The molecule has 1 heterocycles. The Kier molecular flexibility index (Phi) is 5.52. The summed E-state index contributed by atoms with van der Waals surface area (Å²) in [5.74, 6) is 0.0141. The minimum atomic E-state index is -0.886. The van der Waals surface area contributed by atoms with Crippen LogP contribution in [-0.4, -0.2) is 22.6 Å². The Labute approximate surface area is 141 Å². The fourth-order valence-electron chi connectivity index (χ4n) is 2.01. The Balaban J connectivity index is 2.17. The summed E-state index contributed by atoms with van der Waals surface area (Å²) in [5.41, 5.74) is -0.000211. The van der Waals surface area contributed by atoms with E-state index in [-0.39, 0.29) is 0 Å². The highest BCUT2D eigenvalue weighted by atomic mass is 16.6. The molecule has 2 aromatic rings. The summed E-state index contributed by atoms with van der Waals surface area (Å²) < 4.78 is 5.24. The summed E-state index contributed by atoms with van der Waals surface area (Å²) in [6, 6.07) is 13.3. The minimum Gasteiger partial charge on any atom is -0.444 e. The van der Waals surface area contributed by atoms with Crippen molar-refractivity contribution in [1.82, 2.24) is 10.3 Å². The summed E-state index contributed by atoms with van der Waals surface area (Å²) in [4.78, 5) is 28.7. The van der Waals surface area contributed by atoms with Gasteiger partial charge >= 0.3 is 6.09 Å². The molecule has 0 aliphatic heterocycles. The average Bonchev–Trinajstić information content (AvgIpc) is 2.52. The van der Waals surface area contributed by atoms with Crippen LogP contribution >= 0.6 is 0 Å². The van der Waals surface area contributed by atoms with Crippen LogP contribution in [0, 0.1) is 0 Å². The number of amides is 2. The third-order valence-electron chi connectivity index (χ3n) is 2.97. The molecule has 2 N–H and O–H groups in total. The predicted molar refractivity (Wildman–Crippen MR) is 91.4 cm³/mol. The van der Waals surface area contributed by atoms with Gasteiger partial charge < -0.3 is 15.4 Å². The molecule has 2 amide bonds. The van der Waals surface area contributed by atoms with Gasteiger partial charge in [0.1, 0.15) is 17.5 Å². The van der Waals surface area contributed by atoms with Gasteiger partial charge in [-0.3, -0.25) is 4.79 Å². The van der Waals surface area contributed by atoms with Crippen molar-refractivity contribution in [1.29, 1.82) is 0 Å². The molecule has 0 saturated heterocycles. The number of hydrogen-bond acceptors (Lipinski definition) is 4. The highest BCUT2D eigenvalue weighted by Crippen LogP contribution is 2.16. The zero-order valence-corrected chi connectivity index (χ0v) is 13.9. The standard InChI is InChI=1S/C18H21N3O3/c1-18(2,3)24-17(23)21-15(13-9-5-4-6-10-13)16(22)20-14-11-7-8-12-19-14/h4-12,15H,1-3H3,(H,21,23)(H,19,20,22)/t15-/m0/s1. The Hall–Kier alpha value is -2.89. The molecular weight excluding hydrogens is 306 g/mol. The molecule has 2 rings (SSSR count). The monoisotopic (exact) mass is 327 g/mol. The van der Waals surface area contributed by atoms with Crippen LogP contribution in [0.2, 0.25) is 0 Å². The van der Waals surface area contributed by atoms with Crippen molar-refractivity contribution in [3.8, 4) is 0 Å². The van der Waals surface area contributed by atoms with Crippen molar-refractivity contribution in [3.63, 3.8) is 0 Å². The number of carbonyl (C=O) groups is 2. The Morgan fingerprint density at radius 2 is 1.71 bits per heavy atom. The number of hydrogen-bond donors (Lipinski definition) is 2. The molecule has 0 aliphatic rings. The van der Waals surface area contributed by atoms with Gasteiger partial charge in [-0.05, 0) is 38.5 Å². The number of rotatable bonds is 4. The van der Waals surface area contributed by atoms with Gasteiger partial charge in [0.2, 0.25) is 0 Å². The molecule has 0 spiro atoms. The van der Waals surface area contributed by atoms with Crippen LogP contribution in [0.3, 0.4) is 0 Å². The maximum atomic E-state index is 12.6. The third kappa shape index (κ3) is 5.39. The van der Waals surface area contributed by atoms with Gasteiger partial charge in [0.15, 0.2) is 0 Å². The van der Waals surface area contributed by atoms with Crippen LogP contribution in [0.5, 0.6) is 0 Å². The van der Waals surface area contributed by atoms with Gasteiger partial charge in [0.05, 0.1) is 0 Å². The van der Waals surface area contributed by atoms with Crippen LogP contribution in [0.15, 0.2) is 54.7 Å². The third-order valence-corrected chi connectivity index (χ3v) is 2.97. The van der Waals surface area contributed by atoms with Crippen molar-refractivity contribution >= 4 is 17.8 Å². The SMILES string of the molecule is CC(C)(C)OC(=O)N[C@H](C(=O)Nc1ccccn1)c1ccccc1. The van der Waals surface area contributed by atoms with Crippen LogP contribution < -0.4 is 10.6 Å². The van der Waals surface area contributed by atoms with Gasteiger partial charge in [-0.1, -0.05) is 36.4 Å². The van der Waals surface area contributed by atoms with Crippen LogP contribution in [-0.2, 0) is 9.53 Å². The largest absolute Gasteiger partial charge is 0.444 e. The Morgan fingerprint density at radius 1 is 1.04 bits per heavy atom. The molecule has 6 nitrogen and oxygen atoms in total. The van der Waals surface area contributed by atoms with Crippen molar-refractivity contribution < 1.29 is 14.3 Å². The van der Waals surface area contributed by atoms with Gasteiger partial charge in [0, 0.05) is 6.20 Å². The van der Waals surface area contributed by atoms with E-state index in [0.717, 1.165) is 0 Å². The van der Waals surface area contributed by atoms with E-state index in [1.54, 1.807) is 69.4 Å². The van der Waals surface area contributed by atoms with E-state index in [9.17, 15) is 9.59 Å². The van der Waals surface area contributed by atoms with E-state index in [1.807, 2.05) is 6.07 Å². The first-order chi connectivity index (χ1) is 11.3. The summed E-state index contributed by atoms with van der Waals surface area (Å²) in [7, 11) is 0. The molecular formula is C18H21N3O3. The lowest BCUT2D eigenvalue weighted by Gasteiger charge is -2.23. The molecule has 0 unspecified atom stereocenters. The molecule has 1 aromatic carbocycles. The van der Waals surface area contributed by atoms with Crippen LogP contribution in [0.1, 0.15) is 32.4 Å². The topological polar surface area (TPSA) is 80.3 Å². The molecule has 1 aromatic heterocycles. The number of nitrogens with zero attached hydrogens (tertiary/aromatic N) is 1. The highest BCUT2D eigenvalue weighted by Gasteiger charge is 2.26. The number of pyridine rings is 1. The predicted octanol–water partition coefficient (Wildman–Crippen LogP) is 3.29. The maximum Gasteiger partial charge on any atom is 0.408 e. The van der Waals surface area contributed by atoms with Crippen LogP contribution in [0.4, 0.5) is 10.6 Å². The second-order valence-electron chi connectivity index (χ2n) is 6.19. The van der Waals surface area contributed by atoms with E-state index in [0.29, 0.717) is 11.4 Å². The van der Waals surface area contributed by atoms with Crippen molar-refractivity contribution in [2.24, 2.45) is 0 Å². The number of benzene rings is 1. The lowest BCUT2D eigenvalue weighted by atomic mass is 10.1. The fraction of sp³-hybridized carbons (Fsp3) is 0.278. The second kappa shape index (κ2) is 7.59. The highest BCUT2D eigenvalue weighted by molar-refractivity contribution is 5.96. The molecule has 0 radical (unpaired) electrons. The number of nitrogens with one attached hydrogen (secondary N) is 2. The van der Waals surface area contributed by atoms with Gasteiger partial charge in [-0.15, -0.1) is 0 Å². The van der Waals surface area contributed by atoms with Gasteiger partial charge in [-0.25, -0.2) is 9.78 Å².